The Morgan fingerprint density at radius 1 is 1.24 bits per heavy atom. The van der Waals surface area contributed by atoms with Gasteiger partial charge in [-0.15, -0.1) is 0 Å². The predicted molar refractivity (Wildman–Crippen MR) is 62.2 cm³/mol. The molecule has 0 bridgehead atoms. The highest BCUT2D eigenvalue weighted by Gasteiger charge is 2.48. The van der Waals surface area contributed by atoms with Crippen molar-refractivity contribution in [3.8, 4) is 11.5 Å². The second-order valence-corrected chi connectivity index (χ2v) is 5.17. The van der Waals surface area contributed by atoms with Gasteiger partial charge in [-0.1, -0.05) is 18.2 Å². The summed E-state index contributed by atoms with van der Waals surface area (Å²) in [6.45, 7) is 0. The first-order chi connectivity index (χ1) is 8.25. The molecule has 2 unspecified atom stereocenters. The predicted octanol–water partition coefficient (Wildman–Crippen LogP) is 1.73. The summed E-state index contributed by atoms with van der Waals surface area (Å²) in [7, 11) is 0. The minimum absolute atomic E-state index is 0.200. The lowest BCUT2D eigenvalue weighted by Crippen LogP contribution is -2.39. The quantitative estimate of drug-likeness (QED) is 0.667. The fraction of sp³-hybridized carbons (Fsp3) is 0.429. The zero-order chi connectivity index (χ0) is 11.6. The number of rotatable bonds is 0. The van der Waals surface area contributed by atoms with Crippen molar-refractivity contribution in [1.82, 2.24) is 0 Å². The van der Waals surface area contributed by atoms with Gasteiger partial charge in [-0.3, -0.25) is 0 Å². The number of benzene rings is 1. The molecule has 0 radical (unpaired) electrons. The van der Waals surface area contributed by atoms with E-state index in [0.29, 0.717) is 11.7 Å². The van der Waals surface area contributed by atoms with E-state index >= 15 is 0 Å². The summed E-state index contributed by atoms with van der Waals surface area (Å²) in [5.41, 5.74) is 2.40. The normalized spacial score (nSPS) is 36.5. The Morgan fingerprint density at radius 3 is 3.00 bits per heavy atom. The summed E-state index contributed by atoms with van der Waals surface area (Å²) in [5, 5.41) is 19.9. The van der Waals surface area contributed by atoms with E-state index in [0.717, 1.165) is 18.4 Å². The molecular weight excluding hydrogens is 216 g/mol. The molecule has 2 aliphatic carbocycles. The van der Waals surface area contributed by atoms with Gasteiger partial charge in [-0.2, -0.15) is 0 Å². The van der Waals surface area contributed by atoms with E-state index in [2.05, 4.69) is 6.08 Å². The van der Waals surface area contributed by atoms with Crippen LogP contribution in [0.1, 0.15) is 23.5 Å². The summed E-state index contributed by atoms with van der Waals surface area (Å²) >= 11 is 0. The molecule has 0 saturated heterocycles. The van der Waals surface area contributed by atoms with E-state index in [1.54, 1.807) is 6.07 Å². The molecule has 1 aromatic rings. The maximum Gasteiger partial charge on any atom is 0.165 e. The number of aliphatic hydroxyl groups is 1. The Kier molecular flexibility index (Phi) is 1.71. The summed E-state index contributed by atoms with van der Waals surface area (Å²) in [6, 6.07) is 3.69. The topological polar surface area (TPSA) is 49.7 Å². The van der Waals surface area contributed by atoms with Crippen molar-refractivity contribution >= 4 is 0 Å². The van der Waals surface area contributed by atoms with Crippen molar-refractivity contribution in [1.29, 1.82) is 0 Å². The molecule has 4 atom stereocenters. The third-order valence-electron chi connectivity index (χ3n) is 4.31. The molecular formula is C14H14O3. The van der Waals surface area contributed by atoms with Crippen LogP contribution in [0.3, 0.4) is 0 Å². The van der Waals surface area contributed by atoms with Gasteiger partial charge in [0.15, 0.2) is 11.5 Å². The van der Waals surface area contributed by atoms with Gasteiger partial charge in [0, 0.05) is 11.5 Å². The van der Waals surface area contributed by atoms with Gasteiger partial charge in [-0.05, 0) is 30.4 Å². The average molecular weight is 230 g/mol. The van der Waals surface area contributed by atoms with Crippen LogP contribution in [-0.2, 0) is 6.42 Å². The van der Waals surface area contributed by atoms with E-state index in [1.807, 2.05) is 12.1 Å². The Balaban J connectivity index is 1.96. The molecule has 3 aliphatic rings. The molecule has 3 nitrogen and oxygen atoms in total. The highest BCUT2D eigenvalue weighted by atomic mass is 16.5. The number of phenols is 1. The van der Waals surface area contributed by atoms with Crippen molar-refractivity contribution in [2.24, 2.45) is 5.92 Å². The summed E-state index contributed by atoms with van der Waals surface area (Å²) in [4.78, 5) is 0. The van der Waals surface area contributed by atoms with Crippen molar-refractivity contribution in [3.05, 3.63) is 35.4 Å². The van der Waals surface area contributed by atoms with Gasteiger partial charge in [0.2, 0.25) is 0 Å². The van der Waals surface area contributed by atoms with Crippen molar-refractivity contribution in [3.63, 3.8) is 0 Å². The number of phenolic OH excluding ortho intramolecular Hbond substituents is 1. The molecule has 0 spiro atoms. The Labute approximate surface area is 99.3 Å². The van der Waals surface area contributed by atoms with E-state index in [1.165, 1.54) is 5.56 Å². The molecule has 0 saturated carbocycles. The molecule has 88 valence electrons. The minimum Gasteiger partial charge on any atom is -0.504 e. The zero-order valence-electron chi connectivity index (χ0n) is 9.34. The largest absolute Gasteiger partial charge is 0.504 e. The smallest absolute Gasteiger partial charge is 0.165 e. The molecule has 0 amide bonds. The summed E-state index contributed by atoms with van der Waals surface area (Å²) in [6.07, 6.45) is 5.30. The standard InChI is InChI=1S/C14H14O3/c15-9-5-3-7-1-2-8-4-6-10(16)14-12(8)11(7)13(9)17-14/h3-7,9,11,13,15-16H,1-2H2/t7?,9-,11?,13-/m1/s1. The van der Waals surface area contributed by atoms with Crippen LogP contribution >= 0.6 is 0 Å². The number of ether oxygens (including phenoxy) is 1. The Hall–Kier alpha value is -1.48. The Bertz CT molecular complexity index is 520. The second kappa shape index (κ2) is 3.05. The molecule has 2 N–H and O–H groups in total. The van der Waals surface area contributed by atoms with E-state index in [-0.39, 0.29) is 17.8 Å². The monoisotopic (exact) mass is 230 g/mol. The van der Waals surface area contributed by atoms with Crippen LogP contribution in [-0.4, -0.2) is 22.4 Å². The van der Waals surface area contributed by atoms with Crippen LogP contribution in [0.15, 0.2) is 24.3 Å². The molecule has 1 aliphatic heterocycles. The number of aromatic hydroxyl groups is 1. The number of hydrogen-bond acceptors (Lipinski definition) is 3. The second-order valence-electron chi connectivity index (χ2n) is 5.17. The van der Waals surface area contributed by atoms with E-state index in [4.69, 9.17) is 4.74 Å². The van der Waals surface area contributed by atoms with Crippen LogP contribution in [0, 0.1) is 5.92 Å². The first-order valence-electron chi connectivity index (χ1n) is 6.13. The highest BCUT2D eigenvalue weighted by Crippen LogP contribution is 2.54. The van der Waals surface area contributed by atoms with Gasteiger partial charge in [0.1, 0.15) is 12.2 Å². The van der Waals surface area contributed by atoms with Crippen LogP contribution < -0.4 is 4.74 Å². The number of hydrogen-bond donors (Lipinski definition) is 2. The first-order valence-corrected chi connectivity index (χ1v) is 6.13. The number of aliphatic hydroxyl groups excluding tert-OH is 1. The van der Waals surface area contributed by atoms with Crippen LogP contribution in [0.5, 0.6) is 11.5 Å². The van der Waals surface area contributed by atoms with Gasteiger partial charge in [-0.25, -0.2) is 0 Å². The highest BCUT2D eigenvalue weighted by molar-refractivity contribution is 5.57. The van der Waals surface area contributed by atoms with Gasteiger partial charge in [0.25, 0.3) is 0 Å². The van der Waals surface area contributed by atoms with Gasteiger partial charge in [0.05, 0.1) is 0 Å². The molecule has 17 heavy (non-hydrogen) atoms. The van der Waals surface area contributed by atoms with Crippen LogP contribution in [0.2, 0.25) is 0 Å². The molecule has 1 aromatic carbocycles. The van der Waals surface area contributed by atoms with E-state index < -0.39 is 6.10 Å². The molecule has 4 rings (SSSR count). The lowest BCUT2D eigenvalue weighted by atomic mass is 9.70. The van der Waals surface area contributed by atoms with Gasteiger partial charge < -0.3 is 14.9 Å². The van der Waals surface area contributed by atoms with Crippen LogP contribution in [0.25, 0.3) is 0 Å². The summed E-state index contributed by atoms with van der Waals surface area (Å²) in [5.74, 6) is 1.47. The average Bonchev–Trinajstić information content (AvgIpc) is 2.75. The van der Waals surface area contributed by atoms with E-state index in [9.17, 15) is 10.2 Å². The maximum atomic E-state index is 9.98. The molecule has 1 heterocycles. The number of allylic oxidation sites excluding steroid dienone is 1. The SMILES string of the molecule is Oc1ccc2c3c1O[C@H]1C3C(C=C[C@H]1O)CC2. The third-order valence-corrected chi connectivity index (χ3v) is 4.31. The lowest BCUT2D eigenvalue weighted by Gasteiger charge is -2.35. The minimum atomic E-state index is -0.561. The summed E-state index contributed by atoms with van der Waals surface area (Å²) < 4.78 is 5.79. The van der Waals surface area contributed by atoms with Crippen molar-refractivity contribution < 1.29 is 14.9 Å². The van der Waals surface area contributed by atoms with Crippen LogP contribution in [0.4, 0.5) is 0 Å². The fourth-order valence-corrected chi connectivity index (χ4v) is 3.53. The van der Waals surface area contributed by atoms with Gasteiger partial charge >= 0.3 is 0 Å². The molecule has 0 aromatic heterocycles. The lowest BCUT2D eigenvalue weighted by molar-refractivity contribution is 0.0468. The fourth-order valence-electron chi connectivity index (χ4n) is 3.53. The zero-order valence-corrected chi connectivity index (χ0v) is 9.34. The van der Waals surface area contributed by atoms with Crippen molar-refractivity contribution in [2.45, 2.75) is 31.0 Å². The molecule has 0 fully saturated rings. The third kappa shape index (κ3) is 1.10. The maximum absolute atomic E-state index is 9.98. The number of aryl methyl sites for hydroxylation is 1. The molecule has 3 heteroatoms. The first kappa shape index (κ1) is 9.54. The Morgan fingerprint density at radius 2 is 2.12 bits per heavy atom. The van der Waals surface area contributed by atoms with Crippen molar-refractivity contribution in [2.75, 3.05) is 0 Å².